The molecule has 5 nitrogen and oxygen atoms in total. The van der Waals surface area contributed by atoms with E-state index in [0.29, 0.717) is 5.69 Å². The SMILES string of the molecule is Cc1nc(Cl)nc(Nc2cccc(F)c2C#N)c1N. The quantitative estimate of drug-likeness (QED) is 0.824. The fraction of sp³-hybridized carbons (Fsp3) is 0.0833. The van der Waals surface area contributed by atoms with Crippen molar-refractivity contribution in [1.82, 2.24) is 9.97 Å². The van der Waals surface area contributed by atoms with Crippen molar-refractivity contribution in [3.63, 3.8) is 0 Å². The van der Waals surface area contributed by atoms with Crippen LogP contribution in [0.2, 0.25) is 5.28 Å². The largest absolute Gasteiger partial charge is 0.394 e. The zero-order chi connectivity index (χ0) is 14.0. The summed E-state index contributed by atoms with van der Waals surface area (Å²) in [5.41, 5.74) is 6.74. The number of nitriles is 1. The van der Waals surface area contributed by atoms with Gasteiger partial charge in [-0.15, -0.1) is 0 Å². The zero-order valence-electron chi connectivity index (χ0n) is 9.91. The molecule has 0 spiro atoms. The molecule has 3 N–H and O–H groups in total. The van der Waals surface area contributed by atoms with Crippen LogP contribution in [0.3, 0.4) is 0 Å². The maximum atomic E-state index is 13.5. The van der Waals surface area contributed by atoms with Gasteiger partial charge in [-0.25, -0.2) is 9.37 Å². The van der Waals surface area contributed by atoms with Gasteiger partial charge in [-0.3, -0.25) is 0 Å². The van der Waals surface area contributed by atoms with Gasteiger partial charge in [0.05, 0.1) is 17.1 Å². The highest BCUT2D eigenvalue weighted by Crippen LogP contribution is 2.27. The molecule has 0 bridgehead atoms. The van der Waals surface area contributed by atoms with Crippen LogP contribution in [0.4, 0.5) is 21.6 Å². The first kappa shape index (κ1) is 13.1. The van der Waals surface area contributed by atoms with E-state index >= 15 is 0 Å². The second kappa shape index (κ2) is 5.08. The van der Waals surface area contributed by atoms with Gasteiger partial charge in [0.2, 0.25) is 5.28 Å². The number of nitrogen functional groups attached to an aromatic ring is 1. The Bertz CT molecular complexity index is 681. The Morgan fingerprint density at radius 3 is 2.84 bits per heavy atom. The summed E-state index contributed by atoms with van der Waals surface area (Å²) in [5, 5.41) is 11.7. The van der Waals surface area contributed by atoms with Crippen molar-refractivity contribution in [3.05, 3.63) is 40.6 Å². The molecule has 0 radical (unpaired) electrons. The number of nitrogens with one attached hydrogen (secondary N) is 1. The molecule has 0 atom stereocenters. The van der Waals surface area contributed by atoms with Crippen LogP contribution in [0, 0.1) is 24.1 Å². The van der Waals surface area contributed by atoms with E-state index in [2.05, 4.69) is 15.3 Å². The van der Waals surface area contributed by atoms with E-state index in [1.54, 1.807) is 19.1 Å². The smallest absolute Gasteiger partial charge is 0.224 e. The lowest BCUT2D eigenvalue weighted by molar-refractivity contribution is 0.624. The van der Waals surface area contributed by atoms with E-state index < -0.39 is 5.82 Å². The lowest BCUT2D eigenvalue weighted by Gasteiger charge is -2.11. The molecule has 0 aliphatic carbocycles. The Labute approximate surface area is 113 Å². The molecule has 2 rings (SSSR count). The standard InChI is InChI=1S/C12H9ClFN5/c1-6-10(16)11(19-12(13)17-6)18-9-4-2-3-8(14)7(9)5-15/h2-4H,16H2,1H3,(H,17,18,19). The van der Waals surface area contributed by atoms with Crippen LogP contribution >= 0.6 is 11.6 Å². The fourth-order valence-electron chi connectivity index (χ4n) is 1.51. The molecule has 0 saturated heterocycles. The van der Waals surface area contributed by atoms with Crippen LogP contribution in [0.25, 0.3) is 0 Å². The molecule has 0 aliphatic heterocycles. The molecule has 1 heterocycles. The second-order valence-corrected chi connectivity index (χ2v) is 4.08. The van der Waals surface area contributed by atoms with E-state index in [4.69, 9.17) is 22.6 Å². The van der Waals surface area contributed by atoms with Crippen molar-refractivity contribution in [3.8, 4) is 6.07 Å². The van der Waals surface area contributed by atoms with Gasteiger partial charge in [0.15, 0.2) is 5.82 Å². The Morgan fingerprint density at radius 1 is 1.42 bits per heavy atom. The second-order valence-electron chi connectivity index (χ2n) is 3.74. The van der Waals surface area contributed by atoms with Crippen molar-refractivity contribution in [2.45, 2.75) is 6.92 Å². The molecule has 7 heteroatoms. The third kappa shape index (κ3) is 2.56. The number of halogens is 2. The summed E-state index contributed by atoms with van der Waals surface area (Å²) in [5.74, 6) is -0.387. The Balaban J connectivity index is 2.48. The molecular formula is C12H9ClFN5. The molecule has 1 aromatic carbocycles. The summed E-state index contributed by atoms with van der Waals surface area (Å²) in [6, 6.07) is 6.00. The molecule has 2 aromatic rings. The number of nitrogens with two attached hydrogens (primary N) is 1. The number of hydrogen-bond acceptors (Lipinski definition) is 5. The first-order valence-corrected chi connectivity index (χ1v) is 5.66. The van der Waals surface area contributed by atoms with Gasteiger partial charge in [-0.2, -0.15) is 10.2 Å². The minimum absolute atomic E-state index is 0.0177. The summed E-state index contributed by atoms with van der Waals surface area (Å²) in [6.07, 6.45) is 0. The number of aryl methyl sites for hydroxylation is 1. The van der Waals surface area contributed by atoms with Crippen LogP contribution < -0.4 is 11.1 Å². The normalized spacial score (nSPS) is 10.0. The van der Waals surface area contributed by atoms with Gasteiger partial charge in [0, 0.05) is 0 Å². The van der Waals surface area contributed by atoms with E-state index in [1.807, 2.05) is 0 Å². The highest BCUT2D eigenvalue weighted by Gasteiger charge is 2.12. The Kier molecular flexibility index (Phi) is 3.49. The molecule has 0 fully saturated rings. The van der Waals surface area contributed by atoms with Crippen LogP contribution in [0.5, 0.6) is 0 Å². The highest BCUT2D eigenvalue weighted by molar-refractivity contribution is 6.28. The van der Waals surface area contributed by atoms with Crippen LogP contribution in [0.15, 0.2) is 18.2 Å². The van der Waals surface area contributed by atoms with Gasteiger partial charge in [0.25, 0.3) is 0 Å². The Morgan fingerprint density at radius 2 is 2.16 bits per heavy atom. The molecule has 0 aliphatic rings. The first-order chi connectivity index (χ1) is 9.02. The number of benzene rings is 1. The fourth-order valence-corrected chi connectivity index (χ4v) is 1.72. The van der Waals surface area contributed by atoms with Crippen LogP contribution in [-0.4, -0.2) is 9.97 Å². The summed E-state index contributed by atoms with van der Waals surface area (Å²) in [4.78, 5) is 7.81. The molecule has 19 heavy (non-hydrogen) atoms. The molecular weight excluding hydrogens is 269 g/mol. The van der Waals surface area contributed by atoms with Crippen molar-refractivity contribution < 1.29 is 4.39 Å². The monoisotopic (exact) mass is 277 g/mol. The lowest BCUT2D eigenvalue weighted by Crippen LogP contribution is -2.05. The minimum atomic E-state index is -0.622. The summed E-state index contributed by atoms with van der Waals surface area (Å²) in [6.45, 7) is 1.67. The van der Waals surface area contributed by atoms with Gasteiger partial charge >= 0.3 is 0 Å². The number of nitrogens with zero attached hydrogens (tertiary/aromatic N) is 3. The summed E-state index contributed by atoms with van der Waals surface area (Å²) in [7, 11) is 0. The molecule has 0 saturated carbocycles. The number of aromatic nitrogens is 2. The predicted molar refractivity (Wildman–Crippen MR) is 70.6 cm³/mol. The number of rotatable bonds is 2. The average Bonchev–Trinajstić information content (AvgIpc) is 2.35. The van der Waals surface area contributed by atoms with Gasteiger partial charge in [-0.05, 0) is 30.7 Å². The molecule has 1 aromatic heterocycles. The molecule has 0 amide bonds. The third-order valence-corrected chi connectivity index (χ3v) is 2.66. The predicted octanol–water partition coefficient (Wildman–Crippen LogP) is 2.78. The van der Waals surface area contributed by atoms with Crippen molar-refractivity contribution >= 4 is 28.8 Å². The maximum Gasteiger partial charge on any atom is 0.224 e. The Hall–Kier alpha value is -2.39. The summed E-state index contributed by atoms with van der Waals surface area (Å²) < 4.78 is 13.5. The topological polar surface area (TPSA) is 87.6 Å². The third-order valence-electron chi connectivity index (χ3n) is 2.49. The van der Waals surface area contributed by atoms with Gasteiger partial charge in [0.1, 0.15) is 17.4 Å². The number of anilines is 3. The van der Waals surface area contributed by atoms with E-state index in [1.165, 1.54) is 12.1 Å². The van der Waals surface area contributed by atoms with E-state index in [-0.39, 0.29) is 28.0 Å². The summed E-state index contributed by atoms with van der Waals surface area (Å²) >= 11 is 5.74. The van der Waals surface area contributed by atoms with Crippen molar-refractivity contribution in [2.75, 3.05) is 11.1 Å². The maximum absolute atomic E-state index is 13.5. The van der Waals surface area contributed by atoms with E-state index in [0.717, 1.165) is 0 Å². The highest BCUT2D eigenvalue weighted by atomic mass is 35.5. The molecule has 96 valence electrons. The number of hydrogen-bond donors (Lipinski definition) is 2. The van der Waals surface area contributed by atoms with Crippen LogP contribution in [0.1, 0.15) is 11.3 Å². The van der Waals surface area contributed by atoms with Crippen molar-refractivity contribution in [1.29, 1.82) is 5.26 Å². The van der Waals surface area contributed by atoms with Crippen LogP contribution in [-0.2, 0) is 0 Å². The first-order valence-electron chi connectivity index (χ1n) is 5.28. The van der Waals surface area contributed by atoms with Crippen molar-refractivity contribution in [2.24, 2.45) is 0 Å². The molecule has 0 unspecified atom stereocenters. The van der Waals surface area contributed by atoms with Gasteiger partial charge < -0.3 is 11.1 Å². The lowest BCUT2D eigenvalue weighted by atomic mass is 10.2. The minimum Gasteiger partial charge on any atom is -0.394 e. The average molecular weight is 278 g/mol. The van der Waals surface area contributed by atoms with E-state index in [9.17, 15) is 4.39 Å². The zero-order valence-corrected chi connectivity index (χ0v) is 10.7. The van der Waals surface area contributed by atoms with Gasteiger partial charge in [-0.1, -0.05) is 6.07 Å².